The Morgan fingerprint density at radius 1 is 1.12 bits per heavy atom. The number of carbonyl (C=O) groups excluding carboxylic acids is 1. The van der Waals surface area contributed by atoms with Crippen molar-refractivity contribution in [3.8, 4) is 0 Å². The van der Waals surface area contributed by atoms with Crippen molar-refractivity contribution in [3.05, 3.63) is 0 Å². The first-order chi connectivity index (χ1) is 7.76. The zero-order chi connectivity index (χ0) is 12.2. The van der Waals surface area contributed by atoms with E-state index in [9.17, 15) is 4.79 Å². The van der Waals surface area contributed by atoms with E-state index < -0.39 is 0 Å². The van der Waals surface area contributed by atoms with Gasteiger partial charge >= 0.3 is 5.97 Å². The van der Waals surface area contributed by atoms with Crippen LogP contribution in [0.3, 0.4) is 0 Å². The van der Waals surface area contributed by atoms with E-state index in [0.29, 0.717) is 6.61 Å². The lowest BCUT2D eigenvalue weighted by Crippen LogP contribution is -2.17. The lowest BCUT2D eigenvalue weighted by molar-refractivity contribution is -0.148. The Labute approximate surface area is 114 Å². The average Bonchev–Trinajstić information content (AvgIpc) is 2.28. The molecule has 0 rings (SSSR count). The molecule has 0 aliphatic rings. The van der Waals surface area contributed by atoms with Crippen molar-refractivity contribution < 1.29 is 9.53 Å². The number of halogens is 1. The van der Waals surface area contributed by atoms with Crippen LogP contribution in [0.2, 0.25) is 0 Å². The largest absolute Gasteiger partial charge is 0.466 e. The number of hydrogen-bond donors (Lipinski definition) is 0. The SMILES string of the molecule is CCCCC(CCCCCI)C(=O)OCC. The Morgan fingerprint density at radius 3 is 2.38 bits per heavy atom. The minimum Gasteiger partial charge on any atom is -0.466 e. The zero-order valence-electron chi connectivity index (χ0n) is 10.6. The van der Waals surface area contributed by atoms with Gasteiger partial charge in [-0.05, 0) is 30.6 Å². The van der Waals surface area contributed by atoms with Gasteiger partial charge in [0.2, 0.25) is 0 Å². The summed E-state index contributed by atoms with van der Waals surface area (Å²) in [6.45, 7) is 4.55. The quantitative estimate of drug-likeness (QED) is 0.256. The van der Waals surface area contributed by atoms with E-state index >= 15 is 0 Å². The molecule has 0 saturated heterocycles. The first-order valence-corrected chi connectivity index (χ1v) is 8.01. The maximum atomic E-state index is 11.7. The van der Waals surface area contributed by atoms with Crippen molar-refractivity contribution in [3.63, 3.8) is 0 Å². The molecule has 0 bridgehead atoms. The summed E-state index contributed by atoms with van der Waals surface area (Å²) >= 11 is 2.40. The monoisotopic (exact) mass is 340 g/mol. The van der Waals surface area contributed by atoms with Crippen LogP contribution in [0.4, 0.5) is 0 Å². The second-order valence-electron chi connectivity index (χ2n) is 4.13. The third kappa shape index (κ3) is 8.36. The molecule has 0 aromatic heterocycles. The molecule has 0 spiro atoms. The molecule has 0 amide bonds. The molecule has 1 atom stereocenters. The van der Waals surface area contributed by atoms with Gasteiger partial charge in [-0.3, -0.25) is 4.79 Å². The van der Waals surface area contributed by atoms with Crippen molar-refractivity contribution in [2.24, 2.45) is 5.92 Å². The Hall–Kier alpha value is 0.200. The summed E-state index contributed by atoms with van der Waals surface area (Å²) < 4.78 is 6.34. The fourth-order valence-electron chi connectivity index (χ4n) is 1.75. The first-order valence-electron chi connectivity index (χ1n) is 6.48. The smallest absolute Gasteiger partial charge is 0.308 e. The van der Waals surface area contributed by atoms with Gasteiger partial charge in [0, 0.05) is 0 Å². The van der Waals surface area contributed by atoms with Gasteiger partial charge in [0.1, 0.15) is 0 Å². The molecule has 0 fully saturated rings. The van der Waals surface area contributed by atoms with Crippen LogP contribution in [-0.4, -0.2) is 17.0 Å². The second-order valence-corrected chi connectivity index (χ2v) is 5.21. The Kier molecular flexibility index (Phi) is 11.8. The van der Waals surface area contributed by atoms with Gasteiger partial charge < -0.3 is 4.74 Å². The van der Waals surface area contributed by atoms with Crippen molar-refractivity contribution >= 4 is 28.6 Å². The molecule has 0 aliphatic carbocycles. The highest BCUT2D eigenvalue weighted by molar-refractivity contribution is 14.1. The molecule has 0 saturated carbocycles. The normalized spacial score (nSPS) is 12.4. The number of unbranched alkanes of at least 4 members (excludes halogenated alkanes) is 3. The highest BCUT2D eigenvalue weighted by atomic mass is 127. The van der Waals surface area contributed by atoms with Crippen molar-refractivity contribution in [1.82, 2.24) is 0 Å². The second kappa shape index (κ2) is 11.7. The Balaban J connectivity index is 3.84. The fourth-order valence-corrected chi connectivity index (χ4v) is 2.29. The van der Waals surface area contributed by atoms with E-state index in [4.69, 9.17) is 4.74 Å². The van der Waals surface area contributed by atoms with E-state index in [1.54, 1.807) is 0 Å². The van der Waals surface area contributed by atoms with Gasteiger partial charge in [-0.1, -0.05) is 55.2 Å². The highest BCUT2D eigenvalue weighted by Crippen LogP contribution is 2.18. The predicted octanol–water partition coefficient (Wildman–Crippen LogP) is 4.35. The topological polar surface area (TPSA) is 26.3 Å². The van der Waals surface area contributed by atoms with Crippen LogP contribution >= 0.6 is 22.6 Å². The van der Waals surface area contributed by atoms with Crippen LogP contribution in [0.25, 0.3) is 0 Å². The molecular weight excluding hydrogens is 315 g/mol. The van der Waals surface area contributed by atoms with Crippen LogP contribution in [0.15, 0.2) is 0 Å². The fraction of sp³-hybridized carbons (Fsp3) is 0.923. The minimum absolute atomic E-state index is 0.0189. The molecule has 0 aromatic carbocycles. The number of esters is 1. The van der Waals surface area contributed by atoms with Crippen molar-refractivity contribution in [2.45, 2.75) is 58.8 Å². The number of ether oxygens (including phenoxy) is 1. The standard InChI is InChI=1S/C13H25IO2/c1-3-5-9-12(13(15)16-4-2)10-7-6-8-11-14/h12H,3-11H2,1-2H3. The van der Waals surface area contributed by atoms with Gasteiger partial charge in [-0.25, -0.2) is 0 Å². The highest BCUT2D eigenvalue weighted by Gasteiger charge is 2.18. The lowest BCUT2D eigenvalue weighted by Gasteiger charge is -2.14. The maximum Gasteiger partial charge on any atom is 0.308 e. The molecule has 1 unspecified atom stereocenters. The lowest BCUT2D eigenvalue weighted by atomic mass is 9.96. The molecule has 0 heterocycles. The van der Waals surface area contributed by atoms with E-state index in [1.807, 2.05) is 6.92 Å². The van der Waals surface area contributed by atoms with Crippen molar-refractivity contribution in [1.29, 1.82) is 0 Å². The molecular formula is C13H25IO2. The van der Waals surface area contributed by atoms with Gasteiger partial charge in [0.15, 0.2) is 0 Å². The molecule has 0 aromatic rings. The summed E-state index contributed by atoms with van der Waals surface area (Å²) in [7, 11) is 0. The zero-order valence-corrected chi connectivity index (χ0v) is 12.8. The molecule has 0 aliphatic heterocycles. The van der Waals surface area contributed by atoms with Crippen molar-refractivity contribution in [2.75, 3.05) is 11.0 Å². The summed E-state index contributed by atoms with van der Waals surface area (Å²) in [5.74, 6) is 0.166. The number of carbonyl (C=O) groups is 1. The summed E-state index contributed by atoms with van der Waals surface area (Å²) in [5.41, 5.74) is 0. The van der Waals surface area contributed by atoms with Crippen LogP contribution in [0, 0.1) is 5.92 Å². The van der Waals surface area contributed by atoms with Crippen LogP contribution in [0.5, 0.6) is 0 Å². The molecule has 96 valence electrons. The maximum absolute atomic E-state index is 11.7. The molecule has 16 heavy (non-hydrogen) atoms. The van der Waals surface area contributed by atoms with E-state index in [2.05, 4.69) is 29.5 Å². The van der Waals surface area contributed by atoms with E-state index in [0.717, 1.165) is 32.1 Å². The summed E-state index contributed by atoms with van der Waals surface area (Å²) in [4.78, 5) is 11.7. The first kappa shape index (κ1) is 16.2. The van der Waals surface area contributed by atoms with Gasteiger partial charge in [0.05, 0.1) is 12.5 Å². The Bertz CT molecular complexity index is 171. The molecule has 3 heteroatoms. The summed E-state index contributed by atoms with van der Waals surface area (Å²) in [5, 5.41) is 0. The number of alkyl halides is 1. The summed E-state index contributed by atoms with van der Waals surface area (Å²) in [6, 6.07) is 0. The van der Waals surface area contributed by atoms with Gasteiger partial charge in [-0.15, -0.1) is 0 Å². The molecule has 2 nitrogen and oxygen atoms in total. The summed E-state index contributed by atoms with van der Waals surface area (Å²) in [6.07, 6.45) is 7.97. The van der Waals surface area contributed by atoms with Crippen LogP contribution in [-0.2, 0) is 9.53 Å². The van der Waals surface area contributed by atoms with Crippen LogP contribution in [0.1, 0.15) is 58.8 Å². The Morgan fingerprint density at radius 2 is 1.81 bits per heavy atom. The third-order valence-corrected chi connectivity index (χ3v) is 3.48. The average molecular weight is 340 g/mol. The molecule has 0 radical (unpaired) electrons. The minimum atomic E-state index is 0.0189. The van der Waals surface area contributed by atoms with E-state index in [1.165, 1.54) is 17.3 Å². The molecule has 0 N–H and O–H groups in total. The van der Waals surface area contributed by atoms with E-state index in [-0.39, 0.29) is 11.9 Å². The predicted molar refractivity (Wildman–Crippen MR) is 77.0 cm³/mol. The van der Waals surface area contributed by atoms with Gasteiger partial charge in [0.25, 0.3) is 0 Å². The number of rotatable bonds is 10. The number of hydrogen-bond acceptors (Lipinski definition) is 2. The third-order valence-electron chi connectivity index (χ3n) is 2.71. The van der Waals surface area contributed by atoms with Crippen LogP contribution < -0.4 is 0 Å². The van der Waals surface area contributed by atoms with Gasteiger partial charge in [-0.2, -0.15) is 0 Å².